The molecule has 0 amide bonds. The minimum Gasteiger partial charge on any atom is -0.456 e. The van der Waals surface area contributed by atoms with Gasteiger partial charge in [0.2, 0.25) is 5.69 Å². The van der Waals surface area contributed by atoms with Gasteiger partial charge in [-0.1, -0.05) is 44.2 Å². The van der Waals surface area contributed by atoms with Crippen molar-refractivity contribution in [3.05, 3.63) is 78.0 Å². The Morgan fingerprint density at radius 1 is 0.964 bits per heavy atom. The number of furan rings is 1. The van der Waals surface area contributed by atoms with Crippen molar-refractivity contribution in [2.24, 2.45) is 7.05 Å². The zero-order valence-electron chi connectivity index (χ0n) is 17.7. The van der Waals surface area contributed by atoms with Crippen LogP contribution in [0.1, 0.15) is 32.2 Å². The molecule has 0 saturated carbocycles. The summed E-state index contributed by atoms with van der Waals surface area (Å²) in [7, 11) is 2.05. The summed E-state index contributed by atoms with van der Waals surface area (Å²) in [5.74, 6) is -0.640. The summed E-state index contributed by atoms with van der Waals surface area (Å²) >= 11 is 0. The molecule has 0 fully saturated rings. The standard InChI is InChI=1S/C26H24NO/c1-16(2)19-13-14-27(4)23(15-19)20-10-11-22-25-21-8-6-5-7-18(21)9-12-24(25)28-26(22)17(20)3/h5-16H,1-4H3/q+1/i16D. The first-order valence-electron chi connectivity index (χ1n) is 10.2. The minimum absolute atomic E-state index is 0.640. The van der Waals surface area contributed by atoms with Crippen molar-refractivity contribution in [2.45, 2.75) is 26.7 Å². The minimum atomic E-state index is -0.640. The average Bonchev–Trinajstić information content (AvgIpc) is 3.08. The van der Waals surface area contributed by atoms with Crippen LogP contribution in [-0.2, 0) is 7.05 Å². The summed E-state index contributed by atoms with van der Waals surface area (Å²) in [4.78, 5) is 0. The first-order valence-corrected chi connectivity index (χ1v) is 9.69. The fraction of sp³-hybridized carbons (Fsp3) is 0.192. The molecule has 5 aromatic rings. The van der Waals surface area contributed by atoms with E-state index in [0.717, 1.165) is 38.9 Å². The summed E-state index contributed by atoms with van der Waals surface area (Å²) in [6.07, 6.45) is 2.04. The molecule has 0 unspecified atom stereocenters. The monoisotopic (exact) mass is 367 g/mol. The molecule has 0 radical (unpaired) electrons. The van der Waals surface area contributed by atoms with Crippen LogP contribution in [-0.4, -0.2) is 0 Å². The van der Waals surface area contributed by atoms with Gasteiger partial charge in [-0.05, 0) is 47.4 Å². The number of aryl methyl sites for hydroxylation is 2. The molecule has 0 aliphatic carbocycles. The van der Waals surface area contributed by atoms with E-state index >= 15 is 0 Å². The van der Waals surface area contributed by atoms with Crippen molar-refractivity contribution in [1.82, 2.24) is 0 Å². The van der Waals surface area contributed by atoms with Gasteiger partial charge in [0.1, 0.15) is 18.2 Å². The lowest BCUT2D eigenvalue weighted by Crippen LogP contribution is -2.30. The maximum absolute atomic E-state index is 8.41. The number of hydrogen-bond acceptors (Lipinski definition) is 1. The quantitative estimate of drug-likeness (QED) is 0.319. The van der Waals surface area contributed by atoms with Gasteiger partial charge in [-0.25, -0.2) is 4.57 Å². The second kappa shape index (κ2) is 6.20. The third-order valence-electron chi connectivity index (χ3n) is 5.78. The van der Waals surface area contributed by atoms with E-state index in [1.807, 2.05) is 33.2 Å². The van der Waals surface area contributed by atoms with Crippen LogP contribution in [0.2, 0.25) is 0 Å². The van der Waals surface area contributed by atoms with Gasteiger partial charge in [-0.2, -0.15) is 0 Å². The van der Waals surface area contributed by atoms with E-state index in [2.05, 4.69) is 66.1 Å². The van der Waals surface area contributed by atoms with Gasteiger partial charge in [0, 0.05) is 29.8 Å². The van der Waals surface area contributed by atoms with Crippen molar-refractivity contribution in [3.63, 3.8) is 0 Å². The van der Waals surface area contributed by atoms with Gasteiger partial charge in [0.25, 0.3) is 0 Å². The van der Waals surface area contributed by atoms with Crippen molar-refractivity contribution in [3.8, 4) is 11.3 Å². The van der Waals surface area contributed by atoms with Crippen molar-refractivity contribution < 1.29 is 10.4 Å². The number of hydrogen-bond donors (Lipinski definition) is 0. The van der Waals surface area contributed by atoms with E-state index in [-0.39, 0.29) is 0 Å². The molecule has 3 aromatic carbocycles. The van der Waals surface area contributed by atoms with E-state index in [4.69, 9.17) is 5.79 Å². The Hall–Kier alpha value is -3.13. The molecule has 0 spiro atoms. The second-order valence-electron chi connectivity index (χ2n) is 7.79. The normalized spacial score (nSPS) is 12.8. The van der Waals surface area contributed by atoms with Crippen LogP contribution in [0.3, 0.4) is 0 Å². The topological polar surface area (TPSA) is 17.0 Å². The molecule has 0 atom stereocenters. The zero-order valence-corrected chi connectivity index (χ0v) is 16.7. The third kappa shape index (κ3) is 2.45. The average molecular weight is 367 g/mol. The van der Waals surface area contributed by atoms with Gasteiger partial charge in [-0.3, -0.25) is 0 Å². The molecule has 2 heteroatoms. The maximum Gasteiger partial charge on any atom is 0.212 e. The lowest BCUT2D eigenvalue weighted by molar-refractivity contribution is -0.660. The Kier molecular flexibility index (Phi) is 3.52. The maximum atomic E-state index is 8.41. The third-order valence-corrected chi connectivity index (χ3v) is 5.78. The number of nitrogens with zero attached hydrogens (tertiary/aromatic N) is 1. The first-order chi connectivity index (χ1) is 13.8. The first kappa shape index (κ1) is 15.9. The molecule has 28 heavy (non-hydrogen) atoms. The van der Waals surface area contributed by atoms with Gasteiger partial charge in [0.15, 0.2) is 6.20 Å². The molecule has 0 aliphatic rings. The zero-order chi connectivity index (χ0) is 20.3. The Morgan fingerprint density at radius 3 is 2.61 bits per heavy atom. The second-order valence-corrected chi connectivity index (χ2v) is 7.79. The largest absolute Gasteiger partial charge is 0.456 e. The molecule has 0 saturated heterocycles. The lowest BCUT2D eigenvalue weighted by Gasteiger charge is -2.09. The summed E-state index contributed by atoms with van der Waals surface area (Å²) in [5.41, 5.74) is 6.20. The molecular weight excluding hydrogens is 342 g/mol. The predicted octanol–water partition coefficient (Wildman–Crippen LogP) is 6.66. The van der Waals surface area contributed by atoms with Crippen LogP contribution in [0.15, 0.2) is 71.3 Å². The summed E-state index contributed by atoms with van der Waals surface area (Å²) in [6, 6.07) is 21.2. The SMILES string of the molecule is [2H]C(C)(C)c1cc[n+](C)c(-c2ccc3c(oc4ccc5ccccc5c43)c2C)c1. The summed E-state index contributed by atoms with van der Waals surface area (Å²) in [5, 5.41) is 4.77. The predicted molar refractivity (Wildman–Crippen MR) is 117 cm³/mol. The summed E-state index contributed by atoms with van der Waals surface area (Å²) in [6.45, 7) is 5.97. The molecule has 0 bridgehead atoms. The molecular formula is C26H24NO+. The van der Waals surface area contributed by atoms with Crippen LogP contribution >= 0.6 is 0 Å². The number of pyridine rings is 1. The molecule has 2 heterocycles. The number of fused-ring (bicyclic) bond motifs is 5. The highest BCUT2D eigenvalue weighted by atomic mass is 16.3. The van der Waals surface area contributed by atoms with Crippen LogP contribution in [0, 0.1) is 6.92 Å². The highest BCUT2D eigenvalue weighted by Gasteiger charge is 2.19. The van der Waals surface area contributed by atoms with Crippen LogP contribution < -0.4 is 4.57 Å². The number of aromatic nitrogens is 1. The van der Waals surface area contributed by atoms with Gasteiger partial charge >= 0.3 is 0 Å². The fourth-order valence-electron chi connectivity index (χ4n) is 4.17. The van der Waals surface area contributed by atoms with Gasteiger partial charge in [0.05, 0.1) is 5.56 Å². The van der Waals surface area contributed by atoms with Crippen LogP contribution in [0.5, 0.6) is 0 Å². The molecule has 5 rings (SSSR count). The van der Waals surface area contributed by atoms with Crippen LogP contribution in [0.4, 0.5) is 0 Å². The Morgan fingerprint density at radius 2 is 1.79 bits per heavy atom. The summed E-state index contributed by atoms with van der Waals surface area (Å²) < 4.78 is 16.9. The lowest BCUT2D eigenvalue weighted by atomic mass is 9.96. The Balaban J connectivity index is 1.81. The van der Waals surface area contributed by atoms with E-state index in [1.165, 1.54) is 16.2 Å². The molecule has 2 aromatic heterocycles. The Bertz CT molecular complexity index is 1410. The Labute approximate surface area is 166 Å². The smallest absolute Gasteiger partial charge is 0.212 e. The highest BCUT2D eigenvalue weighted by molar-refractivity contribution is 6.19. The van der Waals surface area contributed by atoms with E-state index in [0.29, 0.717) is 0 Å². The van der Waals surface area contributed by atoms with E-state index < -0.39 is 5.89 Å². The molecule has 2 nitrogen and oxygen atoms in total. The molecule has 0 N–H and O–H groups in total. The van der Waals surface area contributed by atoms with Crippen LogP contribution in [0.25, 0.3) is 44.0 Å². The molecule has 0 aliphatic heterocycles. The van der Waals surface area contributed by atoms with E-state index in [1.54, 1.807) is 0 Å². The number of rotatable bonds is 2. The van der Waals surface area contributed by atoms with Crippen molar-refractivity contribution in [2.75, 3.05) is 0 Å². The highest BCUT2D eigenvalue weighted by Crippen LogP contribution is 2.38. The van der Waals surface area contributed by atoms with Crippen molar-refractivity contribution >= 4 is 32.7 Å². The molecule has 138 valence electrons. The number of benzene rings is 3. The van der Waals surface area contributed by atoms with Crippen molar-refractivity contribution in [1.29, 1.82) is 0 Å². The van der Waals surface area contributed by atoms with Gasteiger partial charge < -0.3 is 4.42 Å². The van der Waals surface area contributed by atoms with Gasteiger partial charge in [-0.15, -0.1) is 0 Å². The fourth-order valence-corrected chi connectivity index (χ4v) is 4.17. The van der Waals surface area contributed by atoms with E-state index in [9.17, 15) is 0 Å².